The Balaban J connectivity index is 2.73. The molecule has 0 fully saturated rings. The van der Waals surface area contributed by atoms with Crippen LogP contribution in [0.3, 0.4) is 0 Å². The van der Waals surface area contributed by atoms with E-state index >= 15 is 0 Å². The van der Waals surface area contributed by atoms with Crippen LogP contribution in [0.5, 0.6) is 0 Å². The fraction of sp³-hybridized carbons (Fsp3) is 0.273. The Bertz CT molecular complexity index is 401. The highest BCUT2D eigenvalue weighted by Gasteiger charge is 2.29. The van der Waals surface area contributed by atoms with E-state index in [2.05, 4.69) is 0 Å². The Labute approximate surface area is 101 Å². The van der Waals surface area contributed by atoms with Crippen LogP contribution in [0.25, 0.3) is 0 Å². The monoisotopic (exact) mass is 265 g/mol. The first-order valence-electron chi connectivity index (χ1n) is 4.80. The van der Waals surface area contributed by atoms with Gasteiger partial charge >= 0.3 is 5.51 Å². The van der Waals surface area contributed by atoms with Gasteiger partial charge in [0.25, 0.3) is 0 Å². The van der Waals surface area contributed by atoms with Crippen molar-refractivity contribution in [2.24, 2.45) is 5.73 Å². The first-order chi connectivity index (χ1) is 7.90. The van der Waals surface area contributed by atoms with Crippen LogP contribution in [-0.2, 0) is 6.42 Å². The van der Waals surface area contributed by atoms with Crippen LogP contribution in [-0.4, -0.2) is 12.1 Å². The van der Waals surface area contributed by atoms with Crippen molar-refractivity contribution in [2.75, 3.05) is 6.54 Å². The van der Waals surface area contributed by atoms with Gasteiger partial charge < -0.3 is 5.73 Å². The number of hydrogen-bond acceptors (Lipinski definition) is 2. The highest BCUT2D eigenvalue weighted by atomic mass is 32.2. The molecule has 6 heteroatoms. The van der Waals surface area contributed by atoms with E-state index in [-0.39, 0.29) is 29.6 Å². The SMILES string of the molecule is NC/C(F)=C\Cc1cccc(SC(F)(F)F)c1. The van der Waals surface area contributed by atoms with Crippen molar-refractivity contribution in [1.29, 1.82) is 0 Å². The molecule has 0 bridgehead atoms. The second kappa shape index (κ2) is 6.07. The van der Waals surface area contributed by atoms with Crippen LogP contribution in [0.4, 0.5) is 17.6 Å². The van der Waals surface area contributed by atoms with Gasteiger partial charge in [-0.1, -0.05) is 12.1 Å². The summed E-state index contributed by atoms with van der Waals surface area (Å²) in [5.74, 6) is -0.473. The van der Waals surface area contributed by atoms with Gasteiger partial charge in [0.2, 0.25) is 0 Å². The van der Waals surface area contributed by atoms with Crippen molar-refractivity contribution in [3.63, 3.8) is 0 Å². The molecule has 0 heterocycles. The summed E-state index contributed by atoms with van der Waals surface area (Å²) in [4.78, 5) is 0.0940. The number of halogens is 4. The van der Waals surface area contributed by atoms with E-state index in [1.807, 2.05) is 0 Å². The van der Waals surface area contributed by atoms with E-state index in [0.717, 1.165) is 0 Å². The minimum absolute atomic E-state index is 0.0940. The minimum atomic E-state index is -4.31. The molecule has 0 aliphatic carbocycles. The van der Waals surface area contributed by atoms with Gasteiger partial charge in [-0.3, -0.25) is 0 Å². The molecule has 0 spiro atoms. The van der Waals surface area contributed by atoms with Crippen molar-refractivity contribution in [2.45, 2.75) is 16.8 Å². The second-order valence-corrected chi connectivity index (χ2v) is 4.39. The van der Waals surface area contributed by atoms with Crippen LogP contribution in [0.15, 0.2) is 41.1 Å². The zero-order valence-corrected chi connectivity index (χ0v) is 9.61. The topological polar surface area (TPSA) is 26.0 Å². The number of thioether (sulfide) groups is 1. The number of alkyl halides is 3. The molecule has 0 unspecified atom stereocenters. The summed E-state index contributed by atoms with van der Waals surface area (Å²) < 4.78 is 49.1. The van der Waals surface area contributed by atoms with Crippen LogP contribution in [0.1, 0.15) is 5.56 Å². The average Bonchev–Trinajstić information content (AvgIpc) is 2.24. The van der Waals surface area contributed by atoms with E-state index in [9.17, 15) is 17.6 Å². The fourth-order valence-electron chi connectivity index (χ4n) is 1.18. The van der Waals surface area contributed by atoms with E-state index in [0.29, 0.717) is 5.56 Å². The maximum Gasteiger partial charge on any atom is 0.446 e. The standard InChI is InChI=1S/C11H11F4NS/c12-9(7-16)5-4-8-2-1-3-10(6-8)17-11(13,14)15/h1-3,5-6H,4,7,16H2/b9-5+. The zero-order chi connectivity index (χ0) is 12.9. The number of rotatable bonds is 4. The Morgan fingerprint density at radius 2 is 2.06 bits per heavy atom. The molecule has 17 heavy (non-hydrogen) atoms. The molecule has 0 aromatic heterocycles. The lowest BCUT2D eigenvalue weighted by molar-refractivity contribution is -0.0328. The third-order valence-electron chi connectivity index (χ3n) is 1.89. The predicted octanol–water partition coefficient (Wildman–Crippen LogP) is 3.65. The van der Waals surface area contributed by atoms with Crippen molar-refractivity contribution >= 4 is 11.8 Å². The maximum atomic E-state index is 12.7. The van der Waals surface area contributed by atoms with Crippen LogP contribution in [0, 0.1) is 0 Å². The molecule has 0 aliphatic rings. The summed E-state index contributed by atoms with van der Waals surface area (Å²) in [5.41, 5.74) is 1.36. The van der Waals surface area contributed by atoms with Gasteiger partial charge in [0.05, 0.1) is 0 Å². The Morgan fingerprint density at radius 1 is 1.35 bits per heavy atom. The first-order valence-corrected chi connectivity index (χ1v) is 5.61. The van der Waals surface area contributed by atoms with Gasteiger partial charge in [-0.15, -0.1) is 0 Å². The second-order valence-electron chi connectivity index (χ2n) is 3.25. The largest absolute Gasteiger partial charge is 0.446 e. The minimum Gasteiger partial charge on any atom is -0.325 e. The molecule has 1 aromatic carbocycles. The summed E-state index contributed by atoms with van der Waals surface area (Å²) in [7, 11) is 0. The summed E-state index contributed by atoms with van der Waals surface area (Å²) in [6.45, 7) is -0.197. The summed E-state index contributed by atoms with van der Waals surface area (Å²) in [5, 5.41) is 0. The molecular weight excluding hydrogens is 254 g/mol. The van der Waals surface area contributed by atoms with Gasteiger partial charge in [-0.2, -0.15) is 13.2 Å². The Morgan fingerprint density at radius 3 is 2.65 bits per heavy atom. The lowest BCUT2D eigenvalue weighted by Gasteiger charge is -2.06. The van der Waals surface area contributed by atoms with Gasteiger partial charge in [0, 0.05) is 11.4 Å². The zero-order valence-electron chi connectivity index (χ0n) is 8.80. The third kappa shape index (κ3) is 5.74. The number of benzene rings is 1. The van der Waals surface area contributed by atoms with Gasteiger partial charge in [-0.25, -0.2) is 4.39 Å². The fourth-order valence-corrected chi connectivity index (χ4v) is 1.81. The van der Waals surface area contributed by atoms with Gasteiger partial charge in [-0.05, 0) is 42.0 Å². The van der Waals surface area contributed by atoms with Gasteiger partial charge in [0.15, 0.2) is 0 Å². The molecular formula is C11H11F4NS. The van der Waals surface area contributed by atoms with E-state index in [1.165, 1.54) is 24.3 Å². The molecule has 0 saturated heterocycles. The molecule has 0 saturated carbocycles. The van der Waals surface area contributed by atoms with Crippen LogP contribution in [0.2, 0.25) is 0 Å². The number of nitrogens with two attached hydrogens (primary N) is 1. The van der Waals surface area contributed by atoms with Crippen molar-refractivity contribution in [3.8, 4) is 0 Å². The number of hydrogen-bond donors (Lipinski definition) is 1. The molecule has 0 amide bonds. The average molecular weight is 265 g/mol. The van der Waals surface area contributed by atoms with E-state index in [4.69, 9.17) is 5.73 Å². The molecule has 2 N–H and O–H groups in total. The summed E-state index contributed by atoms with van der Waals surface area (Å²) in [6.07, 6.45) is 1.49. The molecule has 0 atom stereocenters. The normalized spacial score (nSPS) is 12.9. The lowest BCUT2D eigenvalue weighted by Crippen LogP contribution is -2.00. The molecule has 1 nitrogen and oxygen atoms in total. The molecule has 94 valence electrons. The Hall–Kier alpha value is -1.01. The number of allylic oxidation sites excluding steroid dienone is 1. The van der Waals surface area contributed by atoms with Crippen molar-refractivity contribution in [1.82, 2.24) is 0 Å². The highest BCUT2D eigenvalue weighted by Crippen LogP contribution is 2.36. The molecule has 1 rings (SSSR count). The smallest absolute Gasteiger partial charge is 0.325 e. The third-order valence-corrected chi connectivity index (χ3v) is 2.61. The van der Waals surface area contributed by atoms with Crippen molar-refractivity contribution in [3.05, 3.63) is 41.7 Å². The van der Waals surface area contributed by atoms with Crippen LogP contribution >= 0.6 is 11.8 Å². The Kier molecular flexibility index (Phi) is 5.02. The quantitative estimate of drug-likeness (QED) is 0.664. The van der Waals surface area contributed by atoms with Crippen molar-refractivity contribution < 1.29 is 17.6 Å². The maximum absolute atomic E-state index is 12.7. The predicted molar refractivity (Wildman–Crippen MR) is 60.3 cm³/mol. The summed E-state index contributed by atoms with van der Waals surface area (Å²) in [6, 6.07) is 5.90. The molecule has 0 aliphatic heterocycles. The lowest BCUT2D eigenvalue weighted by atomic mass is 10.1. The first kappa shape index (κ1) is 14.1. The highest BCUT2D eigenvalue weighted by molar-refractivity contribution is 8.00. The van der Waals surface area contributed by atoms with Gasteiger partial charge in [0.1, 0.15) is 5.83 Å². The van der Waals surface area contributed by atoms with Crippen LogP contribution < -0.4 is 5.73 Å². The van der Waals surface area contributed by atoms with E-state index in [1.54, 1.807) is 6.07 Å². The molecule has 0 radical (unpaired) electrons. The van der Waals surface area contributed by atoms with E-state index < -0.39 is 11.3 Å². The molecule has 1 aromatic rings. The summed E-state index contributed by atoms with van der Waals surface area (Å²) >= 11 is -0.184.